The molecule has 4 fully saturated rings. The summed E-state index contributed by atoms with van der Waals surface area (Å²) in [6.07, 6.45) is 11.0. The fourth-order valence-electron chi connectivity index (χ4n) is 7.84. The molecule has 0 aromatic heterocycles. The average Bonchev–Trinajstić information content (AvgIpc) is 3.55. The van der Waals surface area contributed by atoms with Crippen LogP contribution in [0.4, 0.5) is 0 Å². The van der Waals surface area contributed by atoms with Crippen molar-refractivity contribution in [2.45, 2.75) is 105 Å². The SMILES string of the molecule is C=CCN(CCC)C(=O)[C@H]1[C@H]2C(=O)N([C@@H](CO)[C@@H](C)CC)C(C(=O)N(CC=C)C3CCCCC3)C23CC(Br)[C@@H]1S3. The fraction of sp³-hybridized carbons (Fsp3) is 0.774. The minimum absolute atomic E-state index is 0.00971. The van der Waals surface area contributed by atoms with Gasteiger partial charge in [-0.2, -0.15) is 0 Å². The summed E-state index contributed by atoms with van der Waals surface area (Å²) in [5.74, 6) is -1.28. The molecule has 1 aliphatic carbocycles. The Labute approximate surface area is 253 Å². The number of fused-ring (bicyclic) bond motifs is 1. The number of alkyl halides is 1. The second-order valence-corrected chi connectivity index (χ2v) is 14.9. The highest BCUT2D eigenvalue weighted by Crippen LogP contribution is 2.68. The van der Waals surface area contributed by atoms with E-state index >= 15 is 0 Å². The van der Waals surface area contributed by atoms with Crippen LogP contribution >= 0.6 is 27.7 Å². The summed E-state index contributed by atoms with van der Waals surface area (Å²) in [6.45, 7) is 15.2. The molecule has 7 nitrogen and oxygen atoms in total. The second kappa shape index (κ2) is 13.3. The van der Waals surface area contributed by atoms with Crippen LogP contribution in [0.5, 0.6) is 0 Å². The standard InChI is InChI=1S/C31H48BrN3O4S/c1-6-15-33(16-7-2)28(37)24-25-29(38)35(23(19-36)20(5)9-4)27(31(25)18-22(32)26(24)40-31)30(39)34(17-8-3)21-13-11-10-12-14-21/h6,8,20-27,36H,1,3,7,9-19H2,2,4-5H3/t20-,22?,23-,24-,25-,26-,27?,31?/m0/s1. The first-order valence-corrected chi connectivity index (χ1v) is 17.1. The number of carbonyl (C=O) groups excluding carboxylic acids is 3. The number of hydrogen-bond acceptors (Lipinski definition) is 5. The highest BCUT2D eigenvalue weighted by atomic mass is 79.9. The number of aliphatic hydroxyl groups excluding tert-OH is 1. The number of hydrogen-bond donors (Lipinski definition) is 1. The minimum Gasteiger partial charge on any atom is -0.394 e. The zero-order valence-corrected chi connectivity index (χ0v) is 26.9. The van der Waals surface area contributed by atoms with Gasteiger partial charge in [0.2, 0.25) is 17.7 Å². The van der Waals surface area contributed by atoms with Crippen LogP contribution in [-0.2, 0) is 14.4 Å². The first-order chi connectivity index (χ1) is 19.2. The Kier molecular flexibility index (Phi) is 10.5. The van der Waals surface area contributed by atoms with Crippen molar-refractivity contribution >= 4 is 45.4 Å². The molecular formula is C31H48BrN3O4S. The summed E-state index contributed by atoms with van der Waals surface area (Å²) in [5.41, 5.74) is 0. The molecule has 0 radical (unpaired) electrons. The van der Waals surface area contributed by atoms with E-state index in [1.54, 1.807) is 28.8 Å². The lowest BCUT2D eigenvalue weighted by Gasteiger charge is -2.43. The first-order valence-electron chi connectivity index (χ1n) is 15.3. The summed E-state index contributed by atoms with van der Waals surface area (Å²) >= 11 is 5.57. The van der Waals surface area contributed by atoms with Gasteiger partial charge in [0.25, 0.3) is 0 Å². The summed E-state index contributed by atoms with van der Waals surface area (Å²) in [4.78, 5) is 49.2. The van der Waals surface area contributed by atoms with Gasteiger partial charge in [0.15, 0.2) is 0 Å². The molecule has 2 bridgehead atoms. The molecule has 9 heteroatoms. The van der Waals surface area contributed by atoms with Crippen LogP contribution < -0.4 is 0 Å². The van der Waals surface area contributed by atoms with Crippen LogP contribution in [0.15, 0.2) is 25.3 Å². The molecule has 3 amide bonds. The highest BCUT2D eigenvalue weighted by Gasteiger charge is 2.76. The predicted octanol–water partition coefficient (Wildman–Crippen LogP) is 4.63. The van der Waals surface area contributed by atoms with E-state index in [0.717, 1.165) is 38.5 Å². The van der Waals surface area contributed by atoms with Crippen molar-refractivity contribution in [2.24, 2.45) is 17.8 Å². The van der Waals surface area contributed by atoms with Crippen molar-refractivity contribution in [1.82, 2.24) is 14.7 Å². The number of rotatable bonds is 13. The van der Waals surface area contributed by atoms with Crippen molar-refractivity contribution in [2.75, 3.05) is 26.2 Å². The lowest BCUT2D eigenvalue weighted by molar-refractivity contribution is -0.149. The molecule has 3 saturated heterocycles. The average molecular weight is 639 g/mol. The summed E-state index contributed by atoms with van der Waals surface area (Å²) < 4.78 is -0.714. The Morgan fingerprint density at radius 2 is 1.85 bits per heavy atom. The molecule has 3 heterocycles. The third kappa shape index (κ3) is 5.32. The maximum absolute atomic E-state index is 14.8. The molecule has 4 aliphatic rings. The minimum atomic E-state index is -0.718. The normalized spacial score (nSPS) is 33.0. The number of likely N-dealkylation sites (tertiary alicyclic amines) is 1. The van der Waals surface area contributed by atoms with Crippen LogP contribution in [0, 0.1) is 17.8 Å². The molecule has 1 N–H and O–H groups in total. The van der Waals surface area contributed by atoms with Crippen molar-refractivity contribution in [3.8, 4) is 0 Å². The van der Waals surface area contributed by atoms with Crippen LogP contribution in [0.3, 0.4) is 0 Å². The van der Waals surface area contributed by atoms with Crippen LogP contribution in [0.25, 0.3) is 0 Å². The van der Waals surface area contributed by atoms with Gasteiger partial charge in [0, 0.05) is 35.8 Å². The van der Waals surface area contributed by atoms with Crippen molar-refractivity contribution in [3.05, 3.63) is 25.3 Å². The molecule has 3 unspecified atom stereocenters. The van der Waals surface area contributed by atoms with Gasteiger partial charge in [-0.25, -0.2) is 0 Å². The van der Waals surface area contributed by atoms with E-state index in [1.807, 2.05) is 23.6 Å². The van der Waals surface area contributed by atoms with Gasteiger partial charge in [-0.3, -0.25) is 14.4 Å². The molecular weight excluding hydrogens is 590 g/mol. The smallest absolute Gasteiger partial charge is 0.247 e. The van der Waals surface area contributed by atoms with Crippen molar-refractivity contribution < 1.29 is 19.5 Å². The predicted molar refractivity (Wildman–Crippen MR) is 165 cm³/mol. The van der Waals surface area contributed by atoms with Gasteiger partial charge in [-0.15, -0.1) is 24.9 Å². The molecule has 4 rings (SSSR count). The van der Waals surface area contributed by atoms with E-state index in [2.05, 4.69) is 36.0 Å². The number of thioether (sulfide) groups is 1. The number of aliphatic hydroxyl groups is 1. The molecule has 1 saturated carbocycles. The fourth-order valence-corrected chi connectivity index (χ4v) is 11.4. The van der Waals surface area contributed by atoms with Gasteiger partial charge >= 0.3 is 0 Å². The largest absolute Gasteiger partial charge is 0.394 e. The lowest BCUT2D eigenvalue weighted by atomic mass is 9.70. The summed E-state index contributed by atoms with van der Waals surface area (Å²) in [7, 11) is 0. The molecule has 1 spiro atoms. The molecule has 0 aromatic carbocycles. The molecule has 224 valence electrons. The third-order valence-electron chi connectivity index (χ3n) is 9.87. The van der Waals surface area contributed by atoms with E-state index in [0.29, 0.717) is 26.1 Å². The van der Waals surface area contributed by atoms with E-state index in [-0.39, 0.29) is 46.4 Å². The van der Waals surface area contributed by atoms with E-state index in [9.17, 15) is 19.5 Å². The van der Waals surface area contributed by atoms with Gasteiger partial charge in [0.05, 0.1) is 29.2 Å². The van der Waals surface area contributed by atoms with Crippen LogP contribution in [0.2, 0.25) is 0 Å². The van der Waals surface area contributed by atoms with Crippen LogP contribution in [-0.4, -0.2) is 96.7 Å². The highest BCUT2D eigenvalue weighted by molar-refractivity contribution is 9.09. The quantitative estimate of drug-likeness (QED) is 0.235. The Morgan fingerprint density at radius 1 is 1.18 bits per heavy atom. The van der Waals surface area contributed by atoms with Crippen molar-refractivity contribution in [1.29, 1.82) is 0 Å². The van der Waals surface area contributed by atoms with Gasteiger partial charge in [-0.05, 0) is 31.6 Å². The van der Waals surface area contributed by atoms with Gasteiger partial charge in [0.1, 0.15) is 6.04 Å². The monoisotopic (exact) mass is 637 g/mol. The zero-order chi connectivity index (χ0) is 29.2. The maximum Gasteiger partial charge on any atom is 0.247 e. The van der Waals surface area contributed by atoms with E-state index in [1.165, 1.54) is 6.42 Å². The lowest BCUT2D eigenvalue weighted by Crippen LogP contribution is -2.60. The Balaban J connectivity index is 1.82. The number of amides is 3. The molecule has 8 atom stereocenters. The molecule has 40 heavy (non-hydrogen) atoms. The molecule has 3 aliphatic heterocycles. The third-order valence-corrected chi connectivity index (χ3v) is 13.1. The second-order valence-electron chi connectivity index (χ2n) is 12.2. The first kappa shape index (κ1) is 31.6. The Bertz CT molecular complexity index is 974. The number of nitrogens with zero attached hydrogens (tertiary/aromatic N) is 3. The number of halogens is 1. The van der Waals surface area contributed by atoms with Gasteiger partial charge < -0.3 is 19.8 Å². The Hall–Kier alpha value is -1.32. The maximum atomic E-state index is 14.8. The van der Waals surface area contributed by atoms with Crippen LogP contribution in [0.1, 0.15) is 72.1 Å². The van der Waals surface area contributed by atoms with Crippen molar-refractivity contribution in [3.63, 3.8) is 0 Å². The number of carbonyl (C=O) groups is 3. The zero-order valence-electron chi connectivity index (χ0n) is 24.5. The molecule has 0 aromatic rings. The van der Waals surface area contributed by atoms with E-state index in [4.69, 9.17) is 0 Å². The summed E-state index contributed by atoms with van der Waals surface area (Å²) in [6, 6.07) is -1.08. The Morgan fingerprint density at radius 3 is 2.42 bits per heavy atom. The topological polar surface area (TPSA) is 81.2 Å². The van der Waals surface area contributed by atoms with E-state index < -0.39 is 28.7 Å². The summed E-state index contributed by atoms with van der Waals surface area (Å²) in [5, 5.41) is 10.6. The van der Waals surface area contributed by atoms with Gasteiger partial charge in [-0.1, -0.05) is 74.5 Å².